The summed E-state index contributed by atoms with van der Waals surface area (Å²) >= 11 is 0. The number of rotatable bonds is 39. The third-order valence-electron chi connectivity index (χ3n) is 8.59. The maximum Gasteiger partial charge on any atom is 0.472 e. The van der Waals surface area contributed by atoms with Gasteiger partial charge >= 0.3 is 7.82 Å². The first-order valence-electron chi connectivity index (χ1n) is 19.6. The fraction of sp³-hybridized carbons (Fsp3) is 1.00. The van der Waals surface area contributed by atoms with Crippen LogP contribution in [-0.4, -0.2) is 50.6 Å². The quantitative estimate of drug-likeness (QED) is 0.0498. The van der Waals surface area contributed by atoms with Gasteiger partial charge in [0, 0.05) is 19.8 Å². The Hall–Kier alpha value is -0.0100. The molecule has 2 unspecified atom stereocenters. The van der Waals surface area contributed by atoms with Gasteiger partial charge in [0.15, 0.2) is 0 Å². The Morgan fingerprint density at radius 3 is 1.22 bits per heavy atom. The Kier molecular flexibility index (Phi) is 36.8. The summed E-state index contributed by atoms with van der Waals surface area (Å²) in [5.74, 6) is 0. The highest BCUT2D eigenvalue weighted by molar-refractivity contribution is 7.47. The van der Waals surface area contributed by atoms with E-state index in [4.69, 9.17) is 24.3 Å². The zero-order chi connectivity index (χ0) is 32.9. The van der Waals surface area contributed by atoms with Gasteiger partial charge in [-0.25, -0.2) is 4.57 Å². The maximum absolute atomic E-state index is 12.1. The van der Waals surface area contributed by atoms with Crippen LogP contribution in [0.4, 0.5) is 0 Å². The van der Waals surface area contributed by atoms with Gasteiger partial charge in [0.1, 0.15) is 6.10 Å². The highest BCUT2D eigenvalue weighted by atomic mass is 31.2. The standard InChI is InChI=1S/C37H78NO6P/c1-3-5-7-9-11-13-15-17-19-21-23-25-27-29-32-41-35-37(36-44-45(39,40)43-34-31-38)42-33-30-28-26-24-22-20-18-16-14-12-10-8-6-4-2/h37H,3-36,38H2,1-2H3,(H,39,40). The van der Waals surface area contributed by atoms with Gasteiger partial charge in [-0.15, -0.1) is 0 Å². The third-order valence-corrected chi connectivity index (χ3v) is 9.58. The van der Waals surface area contributed by atoms with Crippen molar-refractivity contribution in [1.29, 1.82) is 0 Å². The number of hydrogen-bond acceptors (Lipinski definition) is 6. The van der Waals surface area contributed by atoms with Crippen LogP contribution < -0.4 is 5.73 Å². The molecule has 0 aliphatic carbocycles. The summed E-state index contributed by atoms with van der Waals surface area (Å²) < 4.78 is 34.0. The first-order valence-corrected chi connectivity index (χ1v) is 21.1. The Morgan fingerprint density at radius 2 is 0.844 bits per heavy atom. The van der Waals surface area contributed by atoms with E-state index in [-0.39, 0.29) is 25.9 Å². The minimum Gasteiger partial charge on any atom is -0.379 e. The van der Waals surface area contributed by atoms with Crippen LogP contribution in [0.3, 0.4) is 0 Å². The molecule has 0 heterocycles. The molecule has 0 amide bonds. The number of nitrogens with two attached hydrogens (primary N) is 1. The second-order valence-corrected chi connectivity index (χ2v) is 14.6. The van der Waals surface area contributed by atoms with E-state index in [1.165, 1.54) is 161 Å². The Labute approximate surface area is 280 Å². The average molecular weight is 664 g/mol. The first kappa shape index (κ1) is 45.0. The lowest BCUT2D eigenvalue weighted by molar-refractivity contribution is -0.0443. The fourth-order valence-electron chi connectivity index (χ4n) is 5.69. The summed E-state index contributed by atoms with van der Waals surface area (Å²) in [6.07, 6.45) is 36.7. The van der Waals surface area contributed by atoms with Crippen molar-refractivity contribution in [3.8, 4) is 0 Å². The van der Waals surface area contributed by atoms with E-state index in [0.717, 1.165) is 19.3 Å². The molecule has 272 valence electrons. The highest BCUT2D eigenvalue weighted by Gasteiger charge is 2.23. The van der Waals surface area contributed by atoms with E-state index in [1.54, 1.807) is 0 Å². The SMILES string of the molecule is CCCCCCCCCCCCCCCCOCC(COP(=O)(O)OCCN)OCCCCCCCCCCCCCCCC. The summed E-state index contributed by atoms with van der Waals surface area (Å²) in [5.41, 5.74) is 5.38. The molecule has 0 aliphatic heterocycles. The van der Waals surface area contributed by atoms with Crippen LogP contribution in [0.15, 0.2) is 0 Å². The molecule has 45 heavy (non-hydrogen) atoms. The number of ether oxygens (including phenoxy) is 2. The molecule has 0 bridgehead atoms. The summed E-state index contributed by atoms with van der Waals surface area (Å²) in [6.45, 7) is 6.30. The normalized spacial score (nSPS) is 13.8. The van der Waals surface area contributed by atoms with Crippen LogP contribution in [0, 0.1) is 0 Å². The van der Waals surface area contributed by atoms with E-state index in [1.807, 2.05) is 0 Å². The minimum absolute atomic E-state index is 0.0199. The molecule has 8 heteroatoms. The molecule has 0 aromatic heterocycles. The van der Waals surface area contributed by atoms with Crippen molar-refractivity contribution in [2.45, 2.75) is 200 Å². The second-order valence-electron chi connectivity index (χ2n) is 13.1. The topological polar surface area (TPSA) is 100 Å². The van der Waals surface area contributed by atoms with Crippen LogP contribution >= 0.6 is 7.82 Å². The number of phosphoric ester groups is 1. The zero-order valence-corrected chi connectivity index (χ0v) is 31.0. The van der Waals surface area contributed by atoms with Gasteiger partial charge in [-0.05, 0) is 12.8 Å². The van der Waals surface area contributed by atoms with Gasteiger partial charge in [-0.2, -0.15) is 0 Å². The molecule has 0 fully saturated rings. The molecule has 2 atom stereocenters. The molecule has 7 nitrogen and oxygen atoms in total. The average Bonchev–Trinajstić information content (AvgIpc) is 3.03. The van der Waals surface area contributed by atoms with Gasteiger partial charge in [-0.1, -0.05) is 181 Å². The van der Waals surface area contributed by atoms with Crippen molar-refractivity contribution in [1.82, 2.24) is 0 Å². The van der Waals surface area contributed by atoms with Crippen molar-refractivity contribution in [3.63, 3.8) is 0 Å². The molecule has 0 rings (SSSR count). The molecule has 3 N–H and O–H groups in total. The monoisotopic (exact) mass is 664 g/mol. The van der Waals surface area contributed by atoms with Gasteiger partial charge < -0.3 is 20.1 Å². The van der Waals surface area contributed by atoms with Crippen LogP contribution in [0.5, 0.6) is 0 Å². The smallest absolute Gasteiger partial charge is 0.379 e. The summed E-state index contributed by atoms with van der Waals surface area (Å²) in [5, 5.41) is 0. The number of hydrogen-bond donors (Lipinski definition) is 2. The molecular weight excluding hydrogens is 585 g/mol. The van der Waals surface area contributed by atoms with Crippen LogP contribution in [0.25, 0.3) is 0 Å². The minimum atomic E-state index is -4.13. The van der Waals surface area contributed by atoms with E-state index in [2.05, 4.69) is 13.8 Å². The zero-order valence-electron chi connectivity index (χ0n) is 30.1. The van der Waals surface area contributed by atoms with Gasteiger partial charge in [0.2, 0.25) is 0 Å². The van der Waals surface area contributed by atoms with E-state index in [9.17, 15) is 9.46 Å². The molecule has 0 aromatic rings. The van der Waals surface area contributed by atoms with E-state index < -0.39 is 7.82 Å². The van der Waals surface area contributed by atoms with Crippen LogP contribution in [0.2, 0.25) is 0 Å². The maximum atomic E-state index is 12.1. The van der Waals surface area contributed by atoms with Crippen molar-refractivity contribution < 1.29 is 28.0 Å². The van der Waals surface area contributed by atoms with E-state index in [0.29, 0.717) is 19.8 Å². The lowest BCUT2D eigenvalue weighted by Gasteiger charge is -2.20. The highest BCUT2D eigenvalue weighted by Crippen LogP contribution is 2.43. The van der Waals surface area contributed by atoms with Crippen LogP contribution in [0.1, 0.15) is 194 Å². The van der Waals surface area contributed by atoms with Crippen molar-refractivity contribution in [3.05, 3.63) is 0 Å². The lowest BCUT2D eigenvalue weighted by Crippen LogP contribution is -2.26. The molecule has 0 spiro atoms. The van der Waals surface area contributed by atoms with Crippen molar-refractivity contribution in [2.75, 3.05) is 39.6 Å². The van der Waals surface area contributed by atoms with Gasteiger partial charge in [-0.3, -0.25) is 9.05 Å². The fourth-order valence-corrected chi connectivity index (χ4v) is 6.45. The van der Waals surface area contributed by atoms with Gasteiger partial charge in [0.25, 0.3) is 0 Å². The predicted molar refractivity (Wildman–Crippen MR) is 192 cm³/mol. The van der Waals surface area contributed by atoms with Crippen molar-refractivity contribution in [2.24, 2.45) is 5.73 Å². The van der Waals surface area contributed by atoms with Crippen LogP contribution in [-0.2, 0) is 23.1 Å². The number of unbranched alkanes of at least 4 members (excludes halogenated alkanes) is 26. The molecule has 0 radical (unpaired) electrons. The second kappa shape index (κ2) is 36.8. The molecule has 0 saturated carbocycles. The Balaban J connectivity index is 3.89. The van der Waals surface area contributed by atoms with Crippen molar-refractivity contribution >= 4 is 7.82 Å². The first-order chi connectivity index (χ1) is 22.1. The number of phosphoric acid groups is 1. The molecule has 0 aliphatic rings. The Morgan fingerprint density at radius 1 is 0.489 bits per heavy atom. The largest absolute Gasteiger partial charge is 0.472 e. The summed E-state index contributed by atoms with van der Waals surface area (Å²) in [7, 11) is -4.13. The predicted octanol–water partition coefficient (Wildman–Crippen LogP) is 11.4. The summed E-state index contributed by atoms with van der Waals surface area (Å²) in [4.78, 5) is 9.87. The van der Waals surface area contributed by atoms with Gasteiger partial charge in [0.05, 0.1) is 19.8 Å². The summed E-state index contributed by atoms with van der Waals surface area (Å²) in [6, 6.07) is 0. The lowest BCUT2D eigenvalue weighted by atomic mass is 10.0. The molecule has 0 aromatic carbocycles. The van der Waals surface area contributed by atoms with E-state index >= 15 is 0 Å². The third kappa shape index (κ3) is 36.7. The molecule has 0 saturated heterocycles. The molecular formula is C37H78NO6P. The Bertz CT molecular complexity index is 611.